The third-order valence-electron chi connectivity index (χ3n) is 8.99. The van der Waals surface area contributed by atoms with E-state index in [9.17, 15) is 26.3 Å². The molecule has 0 spiro atoms. The highest BCUT2D eigenvalue weighted by Crippen LogP contribution is 2.36. The van der Waals surface area contributed by atoms with Crippen molar-refractivity contribution in [2.45, 2.75) is 53.9 Å². The van der Waals surface area contributed by atoms with Gasteiger partial charge in [0, 0.05) is 35.9 Å². The second-order valence-electron chi connectivity index (χ2n) is 12.6. The van der Waals surface area contributed by atoms with Crippen LogP contribution in [0.5, 0.6) is 0 Å². The van der Waals surface area contributed by atoms with E-state index < -0.39 is 23.5 Å². The molecule has 0 atom stereocenters. The Bertz CT molecular complexity index is 2500. The standard InChI is InChI=1S/2C19H15F3N4/c1-10-9-23-7-6-14(10)18-25-12(3)17-11(2)24-15-5-4-13(19(20,21)22)8-16(15)26(17)18;1-10-6-7-23-9-14(10)18-25-12(3)17-11(2)24-15-5-4-13(19(20,21)22)8-16(15)26(17)18/h2*4-9H,1-3H3. The molecule has 0 saturated heterocycles. The number of hydrogen-bond acceptors (Lipinski definition) is 6. The third kappa shape index (κ3) is 5.87. The molecular formula is C38H30F6N8. The molecule has 0 unspecified atom stereocenters. The molecule has 0 amide bonds. The number of imidazole rings is 2. The SMILES string of the molecule is Cc1ccncc1-c1nc(C)c2c(C)nc3ccc(C(F)(F)F)cc3n12.Cc1cnccc1-c1nc(C)c2c(C)nc3ccc(C(F)(F)F)cc3n12. The third-order valence-corrected chi connectivity index (χ3v) is 8.99. The van der Waals surface area contributed by atoms with Crippen LogP contribution in [0.2, 0.25) is 0 Å². The van der Waals surface area contributed by atoms with Crippen LogP contribution < -0.4 is 0 Å². The second kappa shape index (κ2) is 12.4. The van der Waals surface area contributed by atoms with Crippen molar-refractivity contribution in [3.63, 3.8) is 0 Å². The Morgan fingerprint density at radius 1 is 0.481 bits per heavy atom. The fourth-order valence-corrected chi connectivity index (χ4v) is 6.57. The van der Waals surface area contributed by atoms with Gasteiger partial charge < -0.3 is 0 Å². The number of fused-ring (bicyclic) bond motifs is 6. The molecule has 0 bridgehead atoms. The quantitative estimate of drug-likeness (QED) is 0.166. The lowest BCUT2D eigenvalue weighted by molar-refractivity contribution is -0.138. The molecule has 8 rings (SSSR count). The van der Waals surface area contributed by atoms with Gasteiger partial charge in [-0.25, -0.2) is 19.9 Å². The van der Waals surface area contributed by atoms with Crippen LogP contribution in [-0.2, 0) is 12.4 Å². The van der Waals surface area contributed by atoms with Gasteiger partial charge in [0.15, 0.2) is 0 Å². The second-order valence-corrected chi connectivity index (χ2v) is 12.6. The Morgan fingerprint density at radius 3 is 1.38 bits per heavy atom. The first-order valence-corrected chi connectivity index (χ1v) is 16.1. The van der Waals surface area contributed by atoms with Crippen LogP contribution in [-0.4, -0.2) is 38.7 Å². The largest absolute Gasteiger partial charge is 0.416 e. The van der Waals surface area contributed by atoms with Crippen LogP contribution in [0.3, 0.4) is 0 Å². The number of nitrogens with zero attached hydrogens (tertiary/aromatic N) is 8. The van der Waals surface area contributed by atoms with Gasteiger partial charge in [-0.05, 0) is 101 Å². The van der Waals surface area contributed by atoms with E-state index in [0.29, 0.717) is 39.4 Å². The van der Waals surface area contributed by atoms with Crippen LogP contribution in [0.25, 0.3) is 55.9 Å². The molecule has 0 fully saturated rings. The van der Waals surface area contributed by atoms with Crippen LogP contribution in [0, 0.1) is 41.5 Å². The summed E-state index contributed by atoms with van der Waals surface area (Å²) >= 11 is 0. The summed E-state index contributed by atoms with van der Waals surface area (Å²) in [5.74, 6) is 1.16. The number of pyridine rings is 2. The molecule has 0 aliphatic heterocycles. The molecule has 264 valence electrons. The molecule has 0 saturated carbocycles. The smallest absolute Gasteiger partial charge is 0.289 e. The normalized spacial score (nSPS) is 12.2. The van der Waals surface area contributed by atoms with E-state index in [1.54, 1.807) is 33.6 Å². The number of hydrogen-bond donors (Lipinski definition) is 0. The molecule has 0 aliphatic rings. The number of alkyl halides is 6. The highest BCUT2D eigenvalue weighted by molar-refractivity contribution is 5.86. The van der Waals surface area contributed by atoms with Gasteiger partial charge in [-0.3, -0.25) is 18.8 Å². The van der Waals surface area contributed by atoms with Crippen molar-refractivity contribution in [1.29, 1.82) is 0 Å². The van der Waals surface area contributed by atoms with Crippen molar-refractivity contribution < 1.29 is 26.3 Å². The summed E-state index contributed by atoms with van der Waals surface area (Å²) in [6, 6.07) is 10.9. The Labute approximate surface area is 292 Å². The molecule has 8 nitrogen and oxygen atoms in total. The minimum Gasteiger partial charge on any atom is -0.289 e. The van der Waals surface area contributed by atoms with Gasteiger partial charge in [-0.2, -0.15) is 26.3 Å². The predicted octanol–water partition coefficient (Wildman–Crippen LogP) is 9.78. The van der Waals surface area contributed by atoms with Crippen molar-refractivity contribution >= 4 is 33.1 Å². The van der Waals surface area contributed by atoms with Crippen molar-refractivity contribution in [1.82, 2.24) is 38.7 Å². The molecule has 0 aliphatic carbocycles. The van der Waals surface area contributed by atoms with Gasteiger partial charge in [0.2, 0.25) is 0 Å². The Kier molecular flexibility index (Phi) is 8.23. The van der Waals surface area contributed by atoms with E-state index >= 15 is 0 Å². The first-order chi connectivity index (χ1) is 24.5. The van der Waals surface area contributed by atoms with Crippen molar-refractivity contribution in [3.8, 4) is 22.8 Å². The number of halogens is 6. The van der Waals surface area contributed by atoms with Crippen LogP contribution in [0.1, 0.15) is 45.0 Å². The van der Waals surface area contributed by atoms with E-state index in [1.165, 1.54) is 12.1 Å². The Morgan fingerprint density at radius 2 is 0.923 bits per heavy atom. The topological polar surface area (TPSA) is 86.2 Å². The highest BCUT2D eigenvalue weighted by atomic mass is 19.4. The fourth-order valence-electron chi connectivity index (χ4n) is 6.57. The Balaban J connectivity index is 0.000000162. The first kappa shape index (κ1) is 34.5. The van der Waals surface area contributed by atoms with Crippen molar-refractivity contribution in [3.05, 3.63) is 118 Å². The van der Waals surface area contributed by atoms with Gasteiger partial charge in [0.1, 0.15) is 11.6 Å². The van der Waals surface area contributed by atoms with Crippen LogP contribution in [0.15, 0.2) is 73.3 Å². The molecule has 52 heavy (non-hydrogen) atoms. The van der Waals surface area contributed by atoms with E-state index in [1.807, 2.05) is 53.7 Å². The zero-order valence-electron chi connectivity index (χ0n) is 28.8. The maximum absolute atomic E-state index is 13.2. The molecule has 6 aromatic heterocycles. The van der Waals surface area contributed by atoms with Gasteiger partial charge in [0.05, 0.1) is 67.0 Å². The summed E-state index contributed by atoms with van der Waals surface area (Å²) in [4.78, 5) is 26.4. The molecule has 0 N–H and O–H groups in total. The van der Waals surface area contributed by atoms with E-state index in [0.717, 1.165) is 74.6 Å². The molecular weight excluding hydrogens is 682 g/mol. The van der Waals surface area contributed by atoms with Crippen LogP contribution >= 0.6 is 0 Å². The van der Waals surface area contributed by atoms with E-state index in [4.69, 9.17) is 0 Å². The molecule has 8 aromatic rings. The lowest BCUT2D eigenvalue weighted by Gasteiger charge is -2.12. The zero-order valence-corrected chi connectivity index (χ0v) is 28.8. The molecule has 14 heteroatoms. The summed E-state index contributed by atoms with van der Waals surface area (Å²) < 4.78 is 82.9. The zero-order chi connectivity index (χ0) is 37.3. The summed E-state index contributed by atoms with van der Waals surface area (Å²) in [6.45, 7) is 11.2. The van der Waals surface area contributed by atoms with Gasteiger partial charge in [-0.15, -0.1) is 0 Å². The molecule has 2 aromatic carbocycles. The molecule has 6 heterocycles. The van der Waals surface area contributed by atoms with E-state index in [-0.39, 0.29) is 0 Å². The van der Waals surface area contributed by atoms with Gasteiger partial charge >= 0.3 is 12.4 Å². The number of rotatable bonds is 2. The lowest BCUT2D eigenvalue weighted by Crippen LogP contribution is -2.06. The number of aromatic nitrogens is 8. The minimum absolute atomic E-state index is 0.374. The Hall–Kier alpha value is -5.92. The predicted molar refractivity (Wildman–Crippen MR) is 186 cm³/mol. The molecule has 0 radical (unpaired) electrons. The monoisotopic (exact) mass is 712 g/mol. The van der Waals surface area contributed by atoms with E-state index in [2.05, 4.69) is 29.9 Å². The first-order valence-electron chi connectivity index (χ1n) is 16.1. The number of aryl methyl sites for hydroxylation is 6. The average Bonchev–Trinajstić information content (AvgIpc) is 3.62. The highest BCUT2D eigenvalue weighted by Gasteiger charge is 2.32. The van der Waals surface area contributed by atoms with Crippen molar-refractivity contribution in [2.75, 3.05) is 0 Å². The summed E-state index contributed by atoms with van der Waals surface area (Å²) in [6.07, 6.45) is -2.13. The minimum atomic E-state index is -4.43. The van der Waals surface area contributed by atoms with Crippen LogP contribution in [0.4, 0.5) is 26.3 Å². The summed E-state index contributed by atoms with van der Waals surface area (Å²) in [7, 11) is 0. The maximum Gasteiger partial charge on any atom is 0.416 e. The maximum atomic E-state index is 13.2. The summed E-state index contributed by atoms with van der Waals surface area (Å²) in [5.41, 5.74) is 8.09. The van der Waals surface area contributed by atoms with Gasteiger partial charge in [-0.1, -0.05) is 0 Å². The fraction of sp³-hybridized carbons (Fsp3) is 0.211. The summed E-state index contributed by atoms with van der Waals surface area (Å²) in [5, 5.41) is 0. The van der Waals surface area contributed by atoms with Gasteiger partial charge in [0.25, 0.3) is 0 Å². The average molecular weight is 713 g/mol. The van der Waals surface area contributed by atoms with Crippen molar-refractivity contribution in [2.24, 2.45) is 0 Å². The number of benzene rings is 2. The lowest BCUT2D eigenvalue weighted by atomic mass is 10.1.